The van der Waals surface area contributed by atoms with Gasteiger partial charge in [0, 0.05) is 10.7 Å². The zero-order chi connectivity index (χ0) is 23.2. The van der Waals surface area contributed by atoms with Crippen LogP contribution in [-0.2, 0) is 26.2 Å². The third-order valence-corrected chi connectivity index (χ3v) is 5.89. The zero-order valence-corrected chi connectivity index (χ0v) is 18.6. The molecule has 0 saturated heterocycles. The van der Waals surface area contributed by atoms with Crippen molar-refractivity contribution >= 4 is 50.8 Å². The summed E-state index contributed by atoms with van der Waals surface area (Å²) in [5, 5.41) is 5.92. The highest BCUT2D eigenvalue weighted by Gasteiger charge is 2.21. The summed E-state index contributed by atoms with van der Waals surface area (Å²) < 4.78 is 28.6. The number of guanidine groups is 1. The molecule has 2 aromatic rings. The maximum atomic E-state index is 12.8. The third kappa shape index (κ3) is 7.32. The molecule has 176 valence electrons. The van der Waals surface area contributed by atoms with E-state index in [2.05, 4.69) is 15.2 Å². The molecule has 0 fully saturated rings. The maximum absolute atomic E-state index is 12.8. The molecule has 11 nitrogen and oxygen atoms in total. The fraction of sp³-hybridized carbons (Fsp3) is 0.278. The van der Waals surface area contributed by atoms with Gasteiger partial charge in [0.25, 0.3) is 15.6 Å². The van der Waals surface area contributed by atoms with E-state index >= 15 is 0 Å². The van der Waals surface area contributed by atoms with E-state index in [1.54, 1.807) is 6.92 Å². The lowest BCUT2D eigenvalue weighted by atomic mass is 10.3. The van der Waals surface area contributed by atoms with Crippen LogP contribution in [0.1, 0.15) is 13.1 Å². The number of sulfonamides is 1. The first-order valence-corrected chi connectivity index (χ1v) is 10.9. The fourth-order valence-electron chi connectivity index (χ4n) is 2.38. The number of nitrogens with two attached hydrogens (primary N) is 2. The van der Waals surface area contributed by atoms with Crippen LogP contribution in [0.4, 0.5) is 5.69 Å². The molecule has 1 amide bonds. The van der Waals surface area contributed by atoms with Crippen molar-refractivity contribution in [2.45, 2.75) is 25.8 Å². The number of rotatable bonds is 9. The van der Waals surface area contributed by atoms with Crippen LogP contribution in [-0.4, -0.2) is 38.0 Å². The van der Waals surface area contributed by atoms with Crippen LogP contribution in [0.5, 0.6) is 0 Å². The van der Waals surface area contributed by atoms with Crippen molar-refractivity contribution in [1.82, 2.24) is 9.88 Å². The number of pyridine rings is 1. The highest BCUT2D eigenvalue weighted by molar-refractivity contribution is 7.92. The van der Waals surface area contributed by atoms with Gasteiger partial charge in [-0.2, -0.15) is 0 Å². The molecule has 0 aliphatic rings. The monoisotopic (exact) mass is 506 g/mol. The second kappa shape index (κ2) is 11.6. The molecular weight excluding hydrogens is 483 g/mol. The Morgan fingerprint density at radius 1 is 1.22 bits per heavy atom. The van der Waals surface area contributed by atoms with Gasteiger partial charge in [-0.15, -0.1) is 0 Å². The molecule has 0 unspecified atom stereocenters. The van der Waals surface area contributed by atoms with Crippen molar-refractivity contribution in [1.29, 1.82) is 0 Å². The Hall–Kier alpha value is -2.96. The molecule has 0 aliphatic carbocycles. The Morgan fingerprint density at radius 2 is 1.91 bits per heavy atom. The molecule has 1 heterocycles. The van der Waals surface area contributed by atoms with Crippen molar-refractivity contribution in [2.24, 2.45) is 16.6 Å². The van der Waals surface area contributed by atoms with Crippen LogP contribution < -0.4 is 27.1 Å². The first-order chi connectivity index (χ1) is 14.5. The summed E-state index contributed by atoms with van der Waals surface area (Å²) >= 11 is 11.8. The highest BCUT2D eigenvalue weighted by Crippen LogP contribution is 2.26. The molecule has 0 spiro atoms. The number of amides is 1. The third-order valence-electron chi connectivity index (χ3n) is 3.81. The summed E-state index contributed by atoms with van der Waals surface area (Å²) in [5.74, 6) is -0.761. The molecule has 32 heavy (non-hydrogen) atoms. The molecule has 0 atom stereocenters. The van der Waals surface area contributed by atoms with Crippen molar-refractivity contribution in [2.75, 3.05) is 17.9 Å². The Morgan fingerprint density at radius 3 is 2.56 bits per heavy atom. The zero-order valence-electron chi connectivity index (χ0n) is 16.3. The molecule has 14 heteroatoms. The van der Waals surface area contributed by atoms with Crippen LogP contribution in [0.15, 0.2) is 45.2 Å². The van der Waals surface area contributed by atoms with Gasteiger partial charge in [-0.1, -0.05) is 30.6 Å². The predicted molar refractivity (Wildman–Crippen MR) is 124 cm³/mol. The van der Waals surface area contributed by atoms with Gasteiger partial charge in [0.15, 0.2) is 0 Å². The van der Waals surface area contributed by atoms with Crippen molar-refractivity contribution in [3.63, 3.8) is 0 Å². The molecule has 1 aromatic carbocycles. The van der Waals surface area contributed by atoms with Crippen LogP contribution in [0.3, 0.4) is 0 Å². The molecule has 0 radical (unpaired) electrons. The number of benzene rings is 1. The van der Waals surface area contributed by atoms with Gasteiger partial charge in [0.05, 0.1) is 11.6 Å². The number of oxime groups is 1. The van der Waals surface area contributed by atoms with Gasteiger partial charge in [0.2, 0.25) is 11.9 Å². The molecule has 2 rings (SSSR count). The van der Waals surface area contributed by atoms with E-state index in [0.717, 1.165) is 10.6 Å². The number of nitrogens with zero attached hydrogens (tertiary/aromatic N) is 2. The minimum absolute atomic E-state index is 0. The van der Waals surface area contributed by atoms with E-state index in [4.69, 9.17) is 39.5 Å². The average molecular weight is 507 g/mol. The van der Waals surface area contributed by atoms with Gasteiger partial charge >= 0.3 is 0 Å². The van der Waals surface area contributed by atoms with E-state index in [9.17, 15) is 18.0 Å². The lowest BCUT2D eigenvalue weighted by molar-refractivity contribution is -0.122. The number of nitrogens with one attached hydrogen (secondary N) is 2. The molecular formula is C18H24Cl2N6O5S. The van der Waals surface area contributed by atoms with Gasteiger partial charge in [-0.05, 0) is 42.4 Å². The minimum atomic E-state index is -4.20. The van der Waals surface area contributed by atoms with Crippen molar-refractivity contribution in [3.05, 3.63) is 56.4 Å². The van der Waals surface area contributed by atoms with Gasteiger partial charge < -0.3 is 26.2 Å². The Labute approximate surface area is 195 Å². The Bertz CT molecular complexity index is 1160. The normalized spacial score (nSPS) is 10.6. The van der Waals surface area contributed by atoms with Crippen LogP contribution in [0, 0.1) is 6.92 Å². The average Bonchev–Trinajstić information content (AvgIpc) is 2.68. The van der Waals surface area contributed by atoms with Gasteiger partial charge in [-0.3, -0.25) is 14.3 Å². The quantitative estimate of drug-likeness (QED) is 0.171. The van der Waals surface area contributed by atoms with Crippen molar-refractivity contribution < 1.29 is 18.0 Å². The van der Waals surface area contributed by atoms with Gasteiger partial charge in [-0.25, -0.2) is 8.42 Å². The second-order valence-corrected chi connectivity index (χ2v) is 8.65. The summed E-state index contributed by atoms with van der Waals surface area (Å²) in [7, 11) is -4.20. The fourth-order valence-corrected chi connectivity index (χ4v) is 4.20. The summed E-state index contributed by atoms with van der Waals surface area (Å²) in [6.07, 6.45) is 0. The summed E-state index contributed by atoms with van der Waals surface area (Å²) in [6, 6.07) is 6.71. The van der Waals surface area contributed by atoms with Crippen LogP contribution in [0.25, 0.3) is 0 Å². The van der Waals surface area contributed by atoms with Crippen LogP contribution in [0.2, 0.25) is 10.0 Å². The van der Waals surface area contributed by atoms with Crippen LogP contribution >= 0.6 is 23.2 Å². The summed E-state index contributed by atoms with van der Waals surface area (Å²) in [6.45, 7) is 1.35. The van der Waals surface area contributed by atoms with E-state index in [1.165, 1.54) is 24.3 Å². The SMILES string of the molecule is C.Cc1ccc(NS(=O)(=O)c2cc(Cl)ccc2Cl)c(=O)n1CC(=O)NCCON=C(N)N. The smallest absolute Gasteiger partial charge is 0.275 e. The van der Waals surface area contributed by atoms with E-state index in [0.29, 0.717) is 5.69 Å². The van der Waals surface area contributed by atoms with Crippen molar-refractivity contribution in [3.8, 4) is 0 Å². The standard InChI is InChI=1S/C17H20Cl2N6O5S.CH4/c1-10-2-5-13(24-31(28,29)14-8-11(18)3-4-12(14)19)16(27)25(10)9-15(26)22-6-7-30-23-17(20)21;/h2-5,8,24H,6-7,9H2,1H3,(H,22,26)(H4,20,21,23);1H4. The lowest BCUT2D eigenvalue weighted by Gasteiger charge is -2.14. The highest BCUT2D eigenvalue weighted by atomic mass is 35.5. The molecule has 6 N–H and O–H groups in total. The Balaban J connectivity index is 0.00000512. The predicted octanol–water partition coefficient (Wildman–Crippen LogP) is 1.22. The Kier molecular flexibility index (Phi) is 9.81. The number of carbonyl (C=O) groups excluding carboxylic acids is 1. The first-order valence-electron chi connectivity index (χ1n) is 8.67. The largest absolute Gasteiger partial charge is 0.391 e. The maximum Gasteiger partial charge on any atom is 0.275 e. The summed E-state index contributed by atoms with van der Waals surface area (Å²) in [4.78, 5) is 29.3. The second-order valence-electron chi connectivity index (χ2n) is 6.16. The number of hydrogen-bond acceptors (Lipinski definition) is 6. The number of aromatic nitrogens is 1. The number of aryl methyl sites for hydroxylation is 1. The molecule has 1 aromatic heterocycles. The molecule has 0 aliphatic heterocycles. The summed E-state index contributed by atoms with van der Waals surface area (Å²) in [5.41, 5.74) is 9.66. The number of hydrogen-bond donors (Lipinski definition) is 4. The number of anilines is 1. The van der Waals surface area contributed by atoms with E-state index in [-0.39, 0.29) is 53.7 Å². The minimum Gasteiger partial charge on any atom is -0.391 e. The van der Waals surface area contributed by atoms with E-state index < -0.39 is 21.5 Å². The van der Waals surface area contributed by atoms with Gasteiger partial charge in [0.1, 0.15) is 23.7 Å². The molecule has 0 bridgehead atoms. The first kappa shape index (κ1) is 27.1. The number of halogens is 2. The lowest BCUT2D eigenvalue weighted by Crippen LogP contribution is -2.36. The van der Waals surface area contributed by atoms with E-state index in [1.807, 2.05) is 0 Å². The topological polar surface area (TPSA) is 171 Å². The number of carbonyl (C=O) groups is 1. The molecule has 0 saturated carbocycles.